The number of piperidine rings is 1. The van der Waals surface area contributed by atoms with Gasteiger partial charge in [0.15, 0.2) is 0 Å². The molecule has 0 radical (unpaired) electrons. The summed E-state index contributed by atoms with van der Waals surface area (Å²) in [4.78, 5) is 30.6. The zero-order chi connectivity index (χ0) is 29.1. The van der Waals surface area contributed by atoms with E-state index in [0.717, 1.165) is 29.7 Å². The number of hydrogen-bond acceptors (Lipinski definition) is 5. The summed E-state index contributed by atoms with van der Waals surface area (Å²) in [6.07, 6.45) is 3.96. The summed E-state index contributed by atoms with van der Waals surface area (Å²) in [5.74, 6) is 0.497. The van der Waals surface area contributed by atoms with E-state index in [-0.39, 0.29) is 30.2 Å². The molecule has 3 rings (SSSR count). The lowest BCUT2D eigenvalue weighted by Gasteiger charge is -2.39. The van der Waals surface area contributed by atoms with Gasteiger partial charge in [-0.3, -0.25) is 9.59 Å². The Balaban J connectivity index is 1.71. The van der Waals surface area contributed by atoms with E-state index in [1.54, 1.807) is 19.1 Å². The van der Waals surface area contributed by atoms with Gasteiger partial charge in [0.2, 0.25) is 15.9 Å². The first-order chi connectivity index (χ1) is 19.2. The average molecular weight is 572 g/mol. The number of rotatable bonds is 14. The molecule has 0 atom stereocenters. The fourth-order valence-corrected chi connectivity index (χ4v) is 6.11. The number of benzene rings is 2. The van der Waals surface area contributed by atoms with Crippen LogP contribution in [0.4, 0.5) is 0 Å². The topological polar surface area (TPSA) is 87.2 Å². The van der Waals surface area contributed by atoms with Crippen molar-refractivity contribution in [1.82, 2.24) is 14.1 Å². The summed E-state index contributed by atoms with van der Waals surface area (Å²) in [6.45, 7) is 9.93. The number of nitrogens with zero attached hydrogens (tertiary/aromatic N) is 3. The molecular formula is C31H45N3O5S. The monoisotopic (exact) mass is 571 g/mol. The lowest BCUT2D eigenvalue weighted by atomic mass is 10.00. The third-order valence-corrected chi connectivity index (χ3v) is 9.35. The van der Waals surface area contributed by atoms with Crippen LogP contribution in [-0.2, 0) is 21.4 Å². The molecular weight excluding hydrogens is 526 g/mol. The van der Waals surface area contributed by atoms with Gasteiger partial charge in [0.25, 0.3) is 5.91 Å². The van der Waals surface area contributed by atoms with E-state index in [9.17, 15) is 18.0 Å². The summed E-state index contributed by atoms with van der Waals surface area (Å²) in [5, 5.41) is 0. The van der Waals surface area contributed by atoms with Crippen LogP contribution in [0.2, 0.25) is 0 Å². The fourth-order valence-electron chi connectivity index (χ4n) is 4.97. The highest BCUT2D eigenvalue weighted by atomic mass is 32.2. The third kappa shape index (κ3) is 8.54. The predicted molar refractivity (Wildman–Crippen MR) is 159 cm³/mol. The maximum atomic E-state index is 13.7. The molecule has 1 heterocycles. The molecule has 0 spiro atoms. The summed E-state index contributed by atoms with van der Waals surface area (Å²) < 4.78 is 32.4. The molecule has 2 amide bonds. The zero-order valence-corrected chi connectivity index (χ0v) is 25.3. The van der Waals surface area contributed by atoms with Crippen molar-refractivity contribution in [2.75, 3.05) is 38.5 Å². The molecule has 0 aliphatic carbocycles. The largest absolute Gasteiger partial charge is 0.494 e. The summed E-state index contributed by atoms with van der Waals surface area (Å²) in [5.41, 5.74) is 2.74. The minimum absolute atomic E-state index is 0.0292. The Bertz CT molecular complexity index is 1210. The molecule has 1 fully saturated rings. The minimum atomic E-state index is -3.50. The number of unbranched alkanes of at least 4 members (excludes halogenated alkanes) is 1. The Morgan fingerprint density at radius 2 is 1.65 bits per heavy atom. The van der Waals surface area contributed by atoms with Gasteiger partial charge in [0.05, 0.1) is 18.9 Å². The van der Waals surface area contributed by atoms with Crippen LogP contribution in [-0.4, -0.2) is 78.9 Å². The molecule has 220 valence electrons. The Morgan fingerprint density at radius 1 is 0.975 bits per heavy atom. The van der Waals surface area contributed by atoms with E-state index in [0.29, 0.717) is 57.6 Å². The number of hydrogen-bond donors (Lipinski definition) is 0. The van der Waals surface area contributed by atoms with E-state index < -0.39 is 10.0 Å². The van der Waals surface area contributed by atoms with Crippen molar-refractivity contribution in [2.45, 2.75) is 72.4 Å². The number of sulfonamides is 1. The normalized spacial score (nSPS) is 14.4. The molecule has 1 aliphatic heterocycles. The van der Waals surface area contributed by atoms with Crippen LogP contribution in [0.25, 0.3) is 0 Å². The Hall–Kier alpha value is -2.91. The summed E-state index contributed by atoms with van der Waals surface area (Å²) in [7, 11) is -3.50. The van der Waals surface area contributed by atoms with Crippen molar-refractivity contribution in [1.29, 1.82) is 0 Å². The van der Waals surface area contributed by atoms with Gasteiger partial charge in [-0.05, 0) is 74.9 Å². The number of likely N-dealkylation sites (tertiary alicyclic amines) is 1. The van der Waals surface area contributed by atoms with Crippen LogP contribution in [0.1, 0.15) is 74.4 Å². The molecule has 0 saturated carbocycles. The Labute approximate surface area is 240 Å². The number of aryl methyl sites for hydroxylation is 1. The summed E-state index contributed by atoms with van der Waals surface area (Å²) >= 11 is 0. The van der Waals surface area contributed by atoms with Gasteiger partial charge < -0.3 is 14.5 Å². The number of ether oxygens (including phenoxy) is 1. The van der Waals surface area contributed by atoms with Gasteiger partial charge in [-0.2, -0.15) is 4.31 Å². The van der Waals surface area contributed by atoms with Crippen molar-refractivity contribution in [3.05, 3.63) is 65.2 Å². The molecule has 0 bridgehead atoms. The zero-order valence-electron chi connectivity index (χ0n) is 24.5. The molecule has 0 N–H and O–H groups in total. The molecule has 2 aromatic rings. The molecule has 0 unspecified atom stereocenters. The maximum Gasteiger partial charge on any atom is 0.253 e. The smallest absolute Gasteiger partial charge is 0.253 e. The highest BCUT2D eigenvalue weighted by Crippen LogP contribution is 2.23. The molecule has 8 nitrogen and oxygen atoms in total. The number of amides is 2. The Kier molecular flexibility index (Phi) is 12.0. The summed E-state index contributed by atoms with van der Waals surface area (Å²) in [6, 6.07) is 15.2. The van der Waals surface area contributed by atoms with Crippen molar-refractivity contribution in [3.8, 4) is 5.75 Å². The van der Waals surface area contributed by atoms with Gasteiger partial charge in [0, 0.05) is 37.8 Å². The standard InChI is InChI=1S/C31H45N3O5S/c1-5-8-22-39-29-15-13-26(14-16-29)31(36)32-20-17-28(18-21-32)34(23-27-12-10-9-11-25(27)4)30(35)24-33(19-6-2)40(37,38)7-3/h9-16,28H,5-8,17-24H2,1-4H3. The van der Waals surface area contributed by atoms with E-state index in [2.05, 4.69) is 6.92 Å². The lowest BCUT2D eigenvalue weighted by molar-refractivity contribution is -0.135. The molecule has 2 aromatic carbocycles. The average Bonchev–Trinajstić information content (AvgIpc) is 2.96. The van der Waals surface area contributed by atoms with E-state index in [4.69, 9.17) is 4.74 Å². The molecule has 9 heteroatoms. The van der Waals surface area contributed by atoms with Gasteiger partial charge in [-0.15, -0.1) is 0 Å². The van der Waals surface area contributed by atoms with Crippen LogP contribution in [0.5, 0.6) is 5.75 Å². The van der Waals surface area contributed by atoms with Crippen molar-refractivity contribution >= 4 is 21.8 Å². The van der Waals surface area contributed by atoms with E-state index in [1.165, 1.54) is 4.31 Å². The van der Waals surface area contributed by atoms with Crippen LogP contribution < -0.4 is 4.74 Å². The van der Waals surface area contributed by atoms with Gasteiger partial charge in [0.1, 0.15) is 5.75 Å². The first-order valence-electron chi connectivity index (χ1n) is 14.5. The third-order valence-electron chi connectivity index (χ3n) is 7.53. The molecule has 1 aliphatic rings. The highest BCUT2D eigenvalue weighted by molar-refractivity contribution is 7.89. The quantitative estimate of drug-likeness (QED) is 0.302. The van der Waals surface area contributed by atoms with Crippen molar-refractivity contribution in [2.24, 2.45) is 0 Å². The van der Waals surface area contributed by atoms with Gasteiger partial charge >= 0.3 is 0 Å². The SMILES string of the molecule is CCCCOc1ccc(C(=O)N2CCC(N(Cc3ccccc3C)C(=O)CN(CCC)S(=O)(=O)CC)CC2)cc1. The van der Waals surface area contributed by atoms with E-state index in [1.807, 2.05) is 60.0 Å². The fraction of sp³-hybridized carbons (Fsp3) is 0.548. The van der Waals surface area contributed by atoms with Crippen molar-refractivity contribution < 1.29 is 22.7 Å². The van der Waals surface area contributed by atoms with E-state index >= 15 is 0 Å². The Morgan fingerprint density at radius 3 is 2.25 bits per heavy atom. The second-order valence-corrected chi connectivity index (χ2v) is 12.7. The first kappa shape index (κ1) is 31.6. The minimum Gasteiger partial charge on any atom is -0.494 e. The number of carbonyl (C=O) groups is 2. The maximum absolute atomic E-state index is 13.7. The molecule has 1 saturated heterocycles. The first-order valence-corrected chi connectivity index (χ1v) is 16.1. The number of carbonyl (C=O) groups excluding carboxylic acids is 2. The van der Waals surface area contributed by atoms with Crippen LogP contribution in [0, 0.1) is 6.92 Å². The molecule has 0 aromatic heterocycles. The lowest BCUT2D eigenvalue weighted by Crippen LogP contribution is -2.51. The van der Waals surface area contributed by atoms with Crippen molar-refractivity contribution in [3.63, 3.8) is 0 Å². The second kappa shape index (κ2) is 15.2. The van der Waals surface area contributed by atoms with Crippen LogP contribution >= 0.6 is 0 Å². The van der Waals surface area contributed by atoms with Crippen LogP contribution in [0.3, 0.4) is 0 Å². The van der Waals surface area contributed by atoms with Gasteiger partial charge in [-0.1, -0.05) is 44.5 Å². The van der Waals surface area contributed by atoms with Gasteiger partial charge in [-0.25, -0.2) is 8.42 Å². The second-order valence-electron chi connectivity index (χ2n) is 10.4. The molecule has 40 heavy (non-hydrogen) atoms. The predicted octanol–water partition coefficient (Wildman–Crippen LogP) is 4.87. The highest BCUT2D eigenvalue weighted by Gasteiger charge is 2.32. The van der Waals surface area contributed by atoms with Crippen LogP contribution in [0.15, 0.2) is 48.5 Å².